The first-order valence-corrected chi connectivity index (χ1v) is 24.4. The molecule has 0 saturated carbocycles. The van der Waals surface area contributed by atoms with Gasteiger partial charge in [0.15, 0.2) is 0 Å². The van der Waals surface area contributed by atoms with E-state index in [0.717, 1.165) is 3.28 Å². The van der Waals surface area contributed by atoms with Crippen molar-refractivity contribution in [3.05, 3.63) is 21.5 Å². The fraction of sp³-hybridized carbons (Fsp3) is 0.765. The van der Waals surface area contributed by atoms with Crippen molar-refractivity contribution in [1.82, 2.24) is 8.53 Å². The molecule has 0 unspecified atom stereocenters. The fourth-order valence-electron chi connectivity index (χ4n) is 5.11. The van der Waals surface area contributed by atoms with E-state index in [1.807, 2.05) is 6.08 Å². The first-order valence-electron chi connectivity index (χ1n) is 9.50. The molecule has 1 aliphatic rings. The SMILES string of the molecule is CC[N](CC)[Zr]([C]1=CC=CC1)([N](CC)CC)([N](CC)CC)[GeH]([F])[F]. The van der Waals surface area contributed by atoms with Crippen LogP contribution in [0.5, 0.6) is 0 Å². The Morgan fingerprint density at radius 2 is 1.21 bits per heavy atom. The van der Waals surface area contributed by atoms with Gasteiger partial charge in [0, 0.05) is 0 Å². The maximum absolute atomic E-state index is 15.6. The fourth-order valence-corrected chi connectivity index (χ4v) is 55.3. The van der Waals surface area contributed by atoms with Gasteiger partial charge in [-0.2, -0.15) is 0 Å². The molecule has 0 N–H and O–H groups in total. The van der Waals surface area contributed by atoms with Crippen LogP contribution in [-0.4, -0.2) is 59.3 Å². The number of hydrogen-bond donors (Lipinski definition) is 0. The Morgan fingerprint density at radius 3 is 1.42 bits per heavy atom. The average Bonchev–Trinajstić information content (AvgIpc) is 3.12. The number of allylic oxidation sites excluding steroid dienone is 4. The third-order valence-corrected chi connectivity index (χ3v) is 53.9. The van der Waals surface area contributed by atoms with E-state index in [-0.39, 0.29) is 0 Å². The predicted molar refractivity (Wildman–Crippen MR) is 100.0 cm³/mol. The van der Waals surface area contributed by atoms with Gasteiger partial charge in [0.1, 0.15) is 0 Å². The van der Waals surface area contributed by atoms with Gasteiger partial charge in [-0.15, -0.1) is 0 Å². The van der Waals surface area contributed by atoms with E-state index >= 15 is 7.00 Å². The van der Waals surface area contributed by atoms with E-state index in [2.05, 4.69) is 62.2 Å². The summed E-state index contributed by atoms with van der Waals surface area (Å²) in [4.78, 5) is 0. The zero-order valence-electron chi connectivity index (χ0n) is 16.4. The Labute approximate surface area is 152 Å². The van der Waals surface area contributed by atoms with Crippen LogP contribution < -0.4 is 0 Å². The van der Waals surface area contributed by atoms with Crippen LogP contribution >= 0.6 is 0 Å². The summed E-state index contributed by atoms with van der Waals surface area (Å²) >= 11 is -9.56. The Balaban J connectivity index is 3.96. The van der Waals surface area contributed by atoms with Crippen LogP contribution in [0.4, 0.5) is 7.00 Å². The van der Waals surface area contributed by atoms with Crippen molar-refractivity contribution in [2.24, 2.45) is 0 Å². The van der Waals surface area contributed by atoms with Gasteiger partial charge in [-0.3, -0.25) is 0 Å². The predicted octanol–water partition coefficient (Wildman–Crippen LogP) is 3.95. The first kappa shape index (κ1) is 22.7. The van der Waals surface area contributed by atoms with Crippen LogP contribution in [0.1, 0.15) is 48.0 Å². The third-order valence-electron chi connectivity index (χ3n) is 5.95. The molecular weight excluding hydrogens is 448 g/mol. The summed E-state index contributed by atoms with van der Waals surface area (Å²) in [6.45, 7) is 16.7. The first-order chi connectivity index (χ1) is 11.5. The molecule has 24 heavy (non-hydrogen) atoms. The molecule has 0 amide bonds. The van der Waals surface area contributed by atoms with Crippen LogP contribution in [0.25, 0.3) is 0 Å². The van der Waals surface area contributed by atoms with Gasteiger partial charge in [0.2, 0.25) is 0 Å². The monoisotopic (exact) mass is 484 g/mol. The van der Waals surface area contributed by atoms with E-state index < -0.39 is 28.6 Å². The molecule has 0 saturated heterocycles. The summed E-state index contributed by atoms with van der Waals surface area (Å²) in [6, 6.07) is 0. The molecule has 1 aliphatic carbocycles. The Kier molecular flexibility index (Phi) is 9.02. The van der Waals surface area contributed by atoms with Crippen molar-refractivity contribution in [2.75, 3.05) is 39.3 Å². The minimum absolute atomic E-state index is 0.710. The van der Waals surface area contributed by atoms with E-state index in [1.165, 1.54) is 0 Å². The molecule has 0 aromatic heterocycles. The Hall–Kier alpha value is 0.646. The van der Waals surface area contributed by atoms with Gasteiger partial charge in [0.25, 0.3) is 0 Å². The molecule has 0 atom stereocenters. The van der Waals surface area contributed by atoms with Crippen LogP contribution in [-0.2, 0) is 17.1 Å². The van der Waals surface area contributed by atoms with Gasteiger partial charge in [-0.05, 0) is 0 Å². The van der Waals surface area contributed by atoms with Gasteiger partial charge in [0.05, 0.1) is 0 Å². The Bertz CT molecular complexity index is 425. The third kappa shape index (κ3) is 2.98. The topological polar surface area (TPSA) is 9.72 Å². The second-order valence-electron chi connectivity index (χ2n) is 6.31. The van der Waals surface area contributed by atoms with Crippen LogP contribution in [0.3, 0.4) is 0 Å². The Morgan fingerprint density at radius 1 is 0.833 bits per heavy atom. The molecule has 0 bridgehead atoms. The molecule has 3 nitrogen and oxygen atoms in total. The molecule has 141 valence electrons. The van der Waals surface area contributed by atoms with Crippen LogP contribution in [0.15, 0.2) is 21.5 Å². The normalized spacial score (nSPS) is 17.2. The second-order valence-corrected chi connectivity index (χ2v) is 38.3. The zero-order valence-corrected chi connectivity index (χ0v) is 21.2. The molecular formula is C17H36F2GeN3Zr. The van der Waals surface area contributed by atoms with E-state index in [0.29, 0.717) is 45.7 Å². The molecule has 0 aliphatic heterocycles. The van der Waals surface area contributed by atoms with Crippen molar-refractivity contribution < 1.29 is 24.1 Å². The van der Waals surface area contributed by atoms with Crippen molar-refractivity contribution in [3.8, 4) is 0 Å². The van der Waals surface area contributed by atoms with Gasteiger partial charge >= 0.3 is 153 Å². The van der Waals surface area contributed by atoms with E-state index in [1.54, 1.807) is 0 Å². The van der Waals surface area contributed by atoms with Gasteiger partial charge in [-0.25, -0.2) is 0 Å². The summed E-state index contributed by atoms with van der Waals surface area (Å²) in [5.41, 5.74) is 0. The molecule has 1 rings (SSSR count). The van der Waals surface area contributed by atoms with Crippen molar-refractivity contribution in [3.63, 3.8) is 0 Å². The average molecular weight is 484 g/mol. The van der Waals surface area contributed by atoms with Crippen molar-refractivity contribution >= 4 is 11.5 Å². The number of rotatable bonds is 11. The summed E-state index contributed by atoms with van der Waals surface area (Å²) in [5.74, 6) is 0. The molecule has 0 radical (unpaired) electrons. The minimum atomic E-state index is -4.96. The maximum atomic E-state index is 15.6. The molecule has 7 heteroatoms. The van der Waals surface area contributed by atoms with E-state index in [4.69, 9.17) is 0 Å². The molecule has 0 spiro atoms. The summed E-state index contributed by atoms with van der Waals surface area (Å²) < 4.78 is 39.1. The van der Waals surface area contributed by atoms with Gasteiger partial charge < -0.3 is 0 Å². The summed E-state index contributed by atoms with van der Waals surface area (Å²) in [6.07, 6.45) is 6.84. The van der Waals surface area contributed by atoms with E-state index in [9.17, 15) is 0 Å². The number of halogens is 2. The molecule has 0 aromatic rings. The van der Waals surface area contributed by atoms with Crippen LogP contribution in [0.2, 0.25) is 0 Å². The molecule has 0 fully saturated rings. The summed E-state index contributed by atoms with van der Waals surface area (Å²) in [7, 11) is 0. The second kappa shape index (κ2) is 9.54. The molecule has 0 aromatic carbocycles. The quantitative estimate of drug-likeness (QED) is 0.412. The summed E-state index contributed by atoms with van der Waals surface area (Å²) in [5, 5.41) is 0. The van der Waals surface area contributed by atoms with Crippen molar-refractivity contribution in [1.29, 1.82) is 0 Å². The van der Waals surface area contributed by atoms with Crippen molar-refractivity contribution in [2.45, 2.75) is 48.0 Å². The zero-order chi connectivity index (χ0) is 18.4. The van der Waals surface area contributed by atoms with Gasteiger partial charge in [-0.1, -0.05) is 0 Å². The number of nitrogens with zero attached hydrogens (tertiary/aromatic N) is 3. The standard InChI is InChI=1S/C5H5.3C4H10N.F2GeH.Zr/c1-2-4-5-3-1;3*1-3-5-4-2;1-3-2;/h1-3H,4H2;3*3-4H2,1-2H3;3H;/q;3*-1;;+3. The van der Waals surface area contributed by atoms with Crippen LogP contribution in [0, 0.1) is 0 Å². The molecule has 0 heterocycles. The number of hydrogen-bond acceptors (Lipinski definition) is 3.